The minimum absolute atomic E-state index is 0.0519. The molecule has 9 heteroatoms. The van der Waals surface area contributed by atoms with Crippen LogP contribution in [0.2, 0.25) is 5.02 Å². The third-order valence-electron chi connectivity index (χ3n) is 7.35. The van der Waals surface area contributed by atoms with Crippen LogP contribution in [0.5, 0.6) is 0 Å². The molecule has 0 saturated carbocycles. The number of nitrogens with one attached hydrogen (secondary N) is 1. The van der Waals surface area contributed by atoms with Crippen molar-refractivity contribution in [1.29, 1.82) is 0 Å². The molecule has 0 heterocycles. The van der Waals surface area contributed by atoms with E-state index in [0.29, 0.717) is 22.7 Å². The summed E-state index contributed by atoms with van der Waals surface area (Å²) in [5.41, 5.74) is 3.85. The zero-order valence-electron chi connectivity index (χ0n) is 24.6. The van der Waals surface area contributed by atoms with Crippen molar-refractivity contribution < 1.29 is 18.0 Å². The fourth-order valence-electron chi connectivity index (χ4n) is 4.42. The van der Waals surface area contributed by atoms with Crippen molar-refractivity contribution in [2.75, 3.05) is 10.8 Å². The lowest BCUT2D eigenvalue weighted by atomic mass is 10.1. The Morgan fingerprint density at radius 2 is 1.56 bits per heavy atom. The monoisotopic (exact) mass is 597 g/mol. The maximum atomic E-state index is 14.2. The second-order valence-corrected chi connectivity index (χ2v) is 12.7. The first-order valence-electron chi connectivity index (χ1n) is 13.9. The Kier molecular flexibility index (Phi) is 11.0. The minimum atomic E-state index is -4.13. The van der Waals surface area contributed by atoms with Crippen LogP contribution in [0.15, 0.2) is 71.6 Å². The molecule has 1 N–H and O–H groups in total. The maximum Gasteiger partial charge on any atom is 0.264 e. The van der Waals surface area contributed by atoms with E-state index in [1.165, 1.54) is 4.90 Å². The quantitative estimate of drug-likeness (QED) is 0.270. The Balaban J connectivity index is 2.10. The Morgan fingerprint density at radius 3 is 2.15 bits per heavy atom. The van der Waals surface area contributed by atoms with E-state index < -0.39 is 28.5 Å². The Morgan fingerprint density at radius 1 is 0.902 bits per heavy atom. The van der Waals surface area contributed by atoms with E-state index in [9.17, 15) is 18.0 Å². The fraction of sp³-hybridized carbons (Fsp3) is 0.375. The first kappa shape index (κ1) is 32.2. The van der Waals surface area contributed by atoms with Gasteiger partial charge in [-0.1, -0.05) is 67.4 Å². The van der Waals surface area contributed by atoms with Crippen LogP contribution in [0, 0.1) is 20.8 Å². The molecule has 0 bridgehead atoms. The van der Waals surface area contributed by atoms with Crippen molar-refractivity contribution in [3.63, 3.8) is 0 Å². The molecule has 220 valence electrons. The Labute approximate surface area is 249 Å². The van der Waals surface area contributed by atoms with Crippen molar-refractivity contribution in [1.82, 2.24) is 10.2 Å². The highest BCUT2D eigenvalue weighted by molar-refractivity contribution is 7.92. The molecule has 2 atom stereocenters. The highest BCUT2D eigenvalue weighted by Gasteiger charge is 2.34. The number of hydrogen-bond acceptors (Lipinski definition) is 4. The molecule has 0 aliphatic heterocycles. The molecule has 0 radical (unpaired) electrons. The SMILES string of the molecule is CC[C@@H](C)NC(=O)[C@@H](CC)N(Cc1ccccc1Cl)C(=O)CN(c1ccc(C)c(C)c1)S(=O)(=O)c1ccc(C)cc1. The van der Waals surface area contributed by atoms with E-state index in [-0.39, 0.29) is 23.4 Å². The molecule has 2 amide bonds. The second-order valence-electron chi connectivity index (χ2n) is 10.4. The number of benzene rings is 3. The summed E-state index contributed by atoms with van der Waals surface area (Å²) < 4.78 is 29.2. The molecule has 3 aromatic carbocycles. The number of nitrogens with zero attached hydrogens (tertiary/aromatic N) is 2. The minimum Gasteiger partial charge on any atom is -0.352 e. The highest BCUT2D eigenvalue weighted by atomic mass is 35.5. The predicted octanol–water partition coefficient (Wildman–Crippen LogP) is 6.18. The lowest BCUT2D eigenvalue weighted by molar-refractivity contribution is -0.140. The number of anilines is 1. The molecule has 0 aliphatic carbocycles. The Hall–Kier alpha value is -3.36. The molecule has 0 saturated heterocycles. The summed E-state index contributed by atoms with van der Waals surface area (Å²) in [5.74, 6) is -0.800. The number of amides is 2. The van der Waals surface area contributed by atoms with Crippen LogP contribution in [0.25, 0.3) is 0 Å². The van der Waals surface area contributed by atoms with Gasteiger partial charge in [0, 0.05) is 17.6 Å². The fourth-order valence-corrected chi connectivity index (χ4v) is 6.02. The van der Waals surface area contributed by atoms with Gasteiger partial charge in [-0.05, 0) is 87.6 Å². The number of carbonyl (C=O) groups excluding carboxylic acids is 2. The third kappa shape index (κ3) is 7.89. The van der Waals surface area contributed by atoms with Crippen molar-refractivity contribution in [3.8, 4) is 0 Å². The number of aryl methyl sites for hydroxylation is 3. The van der Waals surface area contributed by atoms with Gasteiger partial charge in [0.1, 0.15) is 12.6 Å². The van der Waals surface area contributed by atoms with Gasteiger partial charge < -0.3 is 10.2 Å². The van der Waals surface area contributed by atoms with Crippen LogP contribution in [-0.4, -0.2) is 43.8 Å². The molecule has 0 fully saturated rings. The molecule has 3 rings (SSSR count). The molecule has 3 aromatic rings. The summed E-state index contributed by atoms with van der Waals surface area (Å²) in [6.45, 7) is 11.0. The molecule has 0 aromatic heterocycles. The third-order valence-corrected chi connectivity index (χ3v) is 9.51. The van der Waals surface area contributed by atoms with Gasteiger partial charge in [-0.3, -0.25) is 13.9 Å². The summed E-state index contributed by atoms with van der Waals surface area (Å²) in [6, 6.07) is 18.1. The van der Waals surface area contributed by atoms with Crippen molar-refractivity contribution in [2.24, 2.45) is 0 Å². The molecular formula is C32H40ClN3O4S. The number of sulfonamides is 1. The molecule has 0 aliphatic rings. The van der Waals surface area contributed by atoms with Gasteiger partial charge in [0.2, 0.25) is 11.8 Å². The van der Waals surface area contributed by atoms with Crippen LogP contribution in [-0.2, 0) is 26.2 Å². The number of halogens is 1. The molecule has 0 spiro atoms. The largest absolute Gasteiger partial charge is 0.352 e. The summed E-state index contributed by atoms with van der Waals surface area (Å²) in [5, 5.41) is 3.44. The first-order chi connectivity index (χ1) is 19.4. The summed E-state index contributed by atoms with van der Waals surface area (Å²) in [6.07, 6.45) is 1.07. The van der Waals surface area contributed by atoms with Crippen molar-refractivity contribution >= 4 is 39.1 Å². The summed E-state index contributed by atoms with van der Waals surface area (Å²) in [4.78, 5) is 29.1. The van der Waals surface area contributed by atoms with E-state index >= 15 is 0 Å². The van der Waals surface area contributed by atoms with E-state index in [0.717, 1.165) is 27.4 Å². The molecule has 0 unspecified atom stereocenters. The van der Waals surface area contributed by atoms with E-state index in [4.69, 9.17) is 11.6 Å². The first-order valence-corrected chi connectivity index (χ1v) is 15.7. The predicted molar refractivity (Wildman–Crippen MR) is 166 cm³/mol. The van der Waals surface area contributed by atoms with Gasteiger partial charge in [0.25, 0.3) is 10.0 Å². The van der Waals surface area contributed by atoms with Gasteiger partial charge in [-0.15, -0.1) is 0 Å². The maximum absolute atomic E-state index is 14.2. The Bertz CT molecular complexity index is 1470. The van der Waals surface area contributed by atoms with Gasteiger partial charge >= 0.3 is 0 Å². The van der Waals surface area contributed by atoms with Gasteiger partial charge in [0.05, 0.1) is 10.6 Å². The average molecular weight is 598 g/mol. The van der Waals surface area contributed by atoms with Crippen LogP contribution in [0.1, 0.15) is 55.9 Å². The number of hydrogen-bond donors (Lipinski definition) is 1. The van der Waals surface area contributed by atoms with Gasteiger partial charge in [-0.2, -0.15) is 0 Å². The highest BCUT2D eigenvalue weighted by Crippen LogP contribution is 2.27. The van der Waals surface area contributed by atoms with Crippen LogP contribution in [0.4, 0.5) is 5.69 Å². The van der Waals surface area contributed by atoms with Crippen LogP contribution < -0.4 is 9.62 Å². The normalized spacial score (nSPS) is 12.9. The summed E-state index contributed by atoms with van der Waals surface area (Å²) >= 11 is 6.46. The number of rotatable bonds is 12. The lowest BCUT2D eigenvalue weighted by Gasteiger charge is -2.34. The lowest BCUT2D eigenvalue weighted by Crippen LogP contribution is -2.53. The van der Waals surface area contributed by atoms with Crippen LogP contribution >= 0.6 is 11.6 Å². The summed E-state index contributed by atoms with van der Waals surface area (Å²) in [7, 11) is -4.13. The number of carbonyl (C=O) groups is 2. The topological polar surface area (TPSA) is 86.8 Å². The zero-order valence-corrected chi connectivity index (χ0v) is 26.2. The van der Waals surface area contributed by atoms with E-state index in [1.807, 2.05) is 53.7 Å². The molecule has 41 heavy (non-hydrogen) atoms. The van der Waals surface area contributed by atoms with Gasteiger partial charge in [0.15, 0.2) is 0 Å². The standard InChI is InChI=1S/C32H40ClN3O4S/c1-7-25(6)34-32(38)30(8-2)35(20-26-11-9-10-12-29(26)33)31(37)21-36(27-16-15-23(4)24(5)19-27)41(39,40)28-17-13-22(3)14-18-28/h9-19,25,30H,7-8,20-21H2,1-6H3,(H,34,38)/t25-,30-/m1/s1. The van der Waals surface area contributed by atoms with Gasteiger partial charge in [-0.25, -0.2) is 8.42 Å². The zero-order chi connectivity index (χ0) is 30.3. The van der Waals surface area contributed by atoms with E-state index in [2.05, 4.69) is 5.32 Å². The van der Waals surface area contributed by atoms with Crippen molar-refractivity contribution in [2.45, 2.75) is 77.9 Å². The average Bonchev–Trinajstić information content (AvgIpc) is 2.94. The molecule has 7 nitrogen and oxygen atoms in total. The van der Waals surface area contributed by atoms with E-state index in [1.54, 1.807) is 54.6 Å². The second kappa shape index (κ2) is 14.0. The van der Waals surface area contributed by atoms with Crippen LogP contribution in [0.3, 0.4) is 0 Å². The van der Waals surface area contributed by atoms with Crippen molar-refractivity contribution in [3.05, 3.63) is 94.0 Å². The smallest absolute Gasteiger partial charge is 0.264 e. The molecular weight excluding hydrogens is 558 g/mol.